The lowest BCUT2D eigenvalue weighted by Gasteiger charge is -2.08. The zero-order valence-electron chi connectivity index (χ0n) is 13.2. The van der Waals surface area contributed by atoms with Gasteiger partial charge in [0.25, 0.3) is 5.91 Å². The largest absolute Gasteiger partial charge is 0.462 e. The van der Waals surface area contributed by atoms with Crippen LogP contribution in [0.5, 0.6) is 0 Å². The summed E-state index contributed by atoms with van der Waals surface area (Å²) in [7, 11) is 0. The Hall–Kier alpha value is -2.27. The van der Waals surface area contributed by atoms with Crippen molar-refractivity contribution in [3.05, 3.63) is 65.2 Å². The summed E-state index contributed by atoms with van der Waals surface area (Å²) >= 11 is 1.74. The van der Waals surface area contributed by atoms with Gasteiger partial charge in [-0.3, -0.25) is 4.79 Å². The molecule has 0 radical (unpaired) electrons. The summed E-state index contributed by atoms with van der Waals surface area (Å²) in [6.45, 7) is 2.07. The fourth-order valence-electron chi connectivity index (χ4n) is 2.06. The van der Waals surface area contributed by atoms with E-state index in [1.54, 1.807) is 55.1 Å². The van der Waals surface area contributed by atoms with Crippen LogP contribution in [-0.4, -0.2) is 24.7 Å². The van der Waals surface area contributed by atoms with E-state index in [0.717, 1.165) is 5.75 Å². The molecule has 2 rings (SSSR count). The molecule has 0 saturated heterocycles. The molecule has 0 aliphatic carbocycles. The van der Waals surface area contributed by atoms with Crippen LogP contribution in [0.2, 0.25) is 0 Å². The minimum atomic E-state index is -0.398. The van der Waals surface area contributed by atoms with Crippen molar-refractivity contribution in [3.63, 3.8) is 0 Å². The fraction of sp³-hybridized carbons (Fsp3) is 0.222. The first-order valence-electron chi connectivity index (χ1n) is 7.30. The predicted octanol–water partition coefficient (Wildman–Crippen LogP) is 3.98. The maximum absolute atomic E-state index is 12.3. The van der Waals surface area contributed by atoms with Gasteiger partial charge in [0.15, 0.2) is 0 Å². The first-order valence-corrected chi connectivity index (χ1v) is 8.70. The SMILES string of the molecule is CCOC(=O)c1cccc(NC(=O)c2ccc(CSC)cc2)c1. The molecular formula is C18H19NO3S. The highest BCUT2D eigenvalue weighted by atomic mass is 32.2. The quantitative estimate of drug-likeness (QED) is 0.815. The van der Waals surface area contributed by atoms with Crippen LogP contribution in [0.1, 0.15) is 33.2 Å². The second-order valence-corrected chi connectivity index (χ2v) is 5.75. The van der Waals surface area contributed by atoms with Crippen molar-refractivity contribution in [2.75, 3.05) is 18.2 Å². The summed E-state index contributed by atoms with van der Waals surface area (Å²) in [5, 5.41) is 2.80. The van der Waals surface area contributed by atoms with Gasteiger partial charge in [0, 0.05) is 17.0 Å². The highest BCUT2D eigenvalue weighted by Gasteiger charge is 2.10. The average molecular weight is 329 g/mol. The molecule has 0 aromatic heterocycles. The number of carbonyl (C=O) groups is 2. The molecule has 5 heteroatoms. The number of anilines is 1. The Labute approximate surface area is 140 Å². The van der Waals surface area contributed by atoms with Gasteiger partial charge in [0.1, 0.15) is 0 Å². The molecule has 0 spiro atoms. The summed E-state index contributed by atoms with van der Waals surface area (Å²) in [5.41, 5.74) is 2.74. The molecule has 23 heavy (non-hydrogen) atoms. The van der Waals surface area contributed by atoms with Crippen LogP contribution in [0.4, 0.5) is 5.69 Å². The number of amides is 1. The number of rotatable bonds is 6. The van der Waals surface area contributed by atoms with Crippen LogP contribution in [0.25, 0.3) is 0 Å². The molecule has 1 N–H and O–H groups in total. The lowest BCUT2D eigenvalue weighted by molar-refractivity contribution is 0.0526. The number of benzene rings is 2. The van der Waals surface area contributed by atoms with E-state index in [4.69, 9.17) is 4.74 Å². The number of thioether (sulfide) groups is 1. The van der Waals surface area contributed by atoms with Crippen molar-refractivity contribution in [1.29, 1.82) is 0 Å². The van der Waals surface area contributed by atoms with Gasteiger partial charge in [-0.15, -0.1) is 0 Å². The Morgan fingerprint density at radius 1 is 1.09 bits per heavy atom. The topological polar surface area (TPSA) is 55.4 Å². The van der Waals surface area contributed by atoms with Crippen molar-refractivity contribution >= 4 is 29.3 Å². The molecule has 0 heterocycles. The Bertz CT molecular complexity index is 683. The summed E-state index contributed by atoms with van der Waals surface area (Å²) in [6.07, 6.45) is 2.04. The molecule has 1 amide bonds. The van der Waals surface area contributed by atoms with Crippen LogP contribution in [0.15, 0.2) is 48.5 Å². The zero-order valence-corrected chi connectivity index (χ0v) is 14.0. The summed E-state index contributed by atoms with van der Waals surface area (Å²) in [4.78, 5) is 24.0. The van der Waals surface area contributed by atoms with Crippen LogP contribution in [0.3, 0.4) is 0 Å². The first kappa shape index (κ1) is 17.1. The molecule has 0 unspecified atom stereocenters. The molecule has 4 nitrogen and oxygen atoms in total. The van der Waals surface area contributed by atoms with E-state index in [1.165, 1.54) is 5.56 Å². The third-order valence-corrected chi connectivity index (χ3v) is 3.78. The zero-order chi connectivity index (χ0) is 16.7. The van der Waals surface area contributed by atoms with Crippen molar-refractivity contribution in [2.24, 2.45) is 0 Å². The van der Waals surface area contributed by atoms with Gasteiger partial charge in [0.2, 0.25) is 0 Å². The molecular weight excluding hydrogens is 310 g/mol. The maximum atomic E-state index is 12.3. The Morgan fingerprint density at radius 2 is 1.83 bits per heavy atom. The monoisotopic (exact) mass is 329 g/mol. The second-order valence-electron chi connectivity index (χ2n) is 4.89. The normalized spacial score (nSPS) is 10.2. The number of ether oxygens (including phenoxy) is 1. The second kappa shape index (κ2) is 8.39. The molecule has 120 valence electrons. The molecule has 2 aromatic carbocycles. The van der Waals surface area contributed by atoms with Crippen LogP contribution in [0, 0.1) is 0 Å². The molecule has 0 bridgehead atoms. The summed E-state index contributed by atoms with van der Waals surface area (Å²) < 4.78 is 4.96. The van der Waals surface area contributed by atoms with Crippen molar-refractivity contribution in [3.8, 4) is 0 Å². The van der Waals surface area contributed by atoms with E-state index >= 15 is 0 Å². The Balaban J connectivity index is 2.07. The van der Waals surface area contributed by atoms with E-state index in [1.807, 2.05) is 18.4 Å². The third-order valence-electron chi connectivity index (χ3n) is 3.16. The standard InChI is InChI=1S/C18H19NO3S/c1-3-22-18(21)15-5-4-6-16(11-15)19-17(20)14-9-7-13(8-10-14)12-23-2/h4-11H,3,12H2,1-2H3,(H,19,20). The van der Waals surface area contributed by atoms with Crippen molar-refractivity contribution < 1.29 is 14.3 Å². The van der Waals surface area contributed by atoms with Gasteiger partial charge in [-0.1, -0.05) is 18.2 Å². The van der Waals surface area contributed by atoms with Gasteiger partial charge in [0.05, 0.1) is 12.2 Å². The maximum Gasteiger partial charge on any atom is 0.338 e. The van der Waals surface area contributed by atoms with E-state index in [-0.39, 0.29) is 5.91 Å². The van der Waals surface area contributed by atoms with Crippen molar-refractivity contribution in [2.45, 2.75) is 12.7 Å². The van der Waals surface area contributed by atoms with Crippen LogP contribution < -0.4 is 5.32 Å². The van der Waals surface area contributed by atoms with Gasteiger partial charge in [-0.2, -0.15) is 11.8 Å². The van der Waals surface area contributed by atoms with Crippen molar-refractivity contribution in [1.82, 2.24) is 0 Å². The van der Waals surface area contributed by atoms with E-state index < -0.39 is 5.97 Å². The molecule has 0 atom stereocenters. The number of carbonyl (C=O) groups excluding carboxylic acids is 2. The third kappa shape index (κ3) is 4.86. The smallest absolute Gasteiger partial charge is 0.338 e. The Morgan fingerprint density at radius 3 is 2.48 bits per heavy atom. The minimum Gasteiger partial charge on any atom is -0.462 e. The number of esters is 1. The number of nitrogens with one attached hydrogen (secondary N) is 1. The number of hydrogen-bond acceptors (Lipinski definition) is 4. The van der Waals surface area contributed by atoms with E-state index in [9.17, 15) is 9.59 Å². The lowest BCUT2D eigenvalue weighted by atomic mass is 10.1. The highest BCUT2D eigenvalue weighted by Crippen LogP contribution is 2.15. The molecule has 0 saturated carbocycles. The molecule has 0 aliphatic rings. The van der Waals surface area contributed by atoms with Gasteiger partial charge in [-0.25, -0.2) is 4.79 Å². The van der Waals surface area contributed by atoms with Gasteiger partial charge < -0.3 is 10.1 Å². The summed E-state index contributed by atoms with van der Waals surface area (Å²) in [6, 6.07) is 14.2. The van der Waals surface area contributed by atoms with E-state index in [0.29, 0.717) is 23.4 Å². The van der Waals surface area contributed by atoms with Gasteiger partial charge in [-0.05, 0) is 49.1 Å². The fourth-order valence-corrected chi connectivity index (χ4v) is 2.59. The van der Waals surface area contributed by atoms with E-state index in [2.05, 4.69) is 5.32 Å². The highest BCUT2D eigenvalue weighted by molar-refractivity contribution is 7.97. The molecule has 0 fully saturated rings. The summed E-state index contributed by atoms with van der Waals surface area (Å²) in [5.74, 6) is 0.315. The molecule has 0 aliphatic heterocycles. The Kier molecular flexibility index (Phi) is 6.23. The van der Waals surface area contributed by atoms with Crippen LogP contribution >= 0.6 is 11.8 Å². The average Bonchev–Trinajstić information content (AvgIpc) is 2.56. The first-order chi connectivity index (χ1) is 11.1. The predicted molar refractivity (Wildman–Crippen MR) is 94.0 cm³/mol. The van der Waals surface area contributed by atoms with Gasteiger partial charge >= 0.3 is 5.97 Å². The molecule has 2 aromatic rings. The minimum absolute atomic E-state index is 0.207. The lowest BCUT2D eigenvalue weighted by Crippen LogP contribution is -2.12. The van der Waals surface area contributed by atoms with Crippen LogP contribution in [-0.2, 0) is 10.5 Å². The number of hydrogen-bond donors (Lipinski definition) is 1.